The summed E-state index contributed by atoms with van der Waals surface area (Å²) in [6.45, 7) is 3.68. The van der Waals surface area contributed by atoms with Gasteiger partial charge in [-0.15, -0.1) is 0 Å². The first-order valence-corrected chi connectivity index (χ1v) is 10.2. The van der Waals surface area contributed by atoms with Gasteiger partial charge in [0.2, 0.25) is 11.8 Å². The molecule has 6 nitrogen and oxygen atoms in total. The minimum Gasteiger partial charge on any atom is -0.371 e. The van der Waals surface area contributed by atoms with Crippen molar-refractivity contribution in [3.8, 4) is 0 Å². The fourth-order valence-electron chi connectivity index (χ4n) is 4.66. The lowest BCUT2D eigenvalue weighted by molar-refractivity contribution is -0.125. The predicted octanol–water partition coefficient (Wildman–Crippen LogP) is 2.57. The molecular formula is C23H24N4O2. The van der Waals surface area contributed by atoms with Crippen LogP contribution < -0.4 is 10.2 Å². The van der Waals surface area contributed by atoms with E-state index in [0.717, 1.165) is 37.3 Å². The normalized spacial score (nSPS) is 23.2. The molecular weight excluding hydrogens is 364 g/mol. The van der Waals surface area contributed by atoms with Crippen molar-refractivity contribution in [3.05, 3.63) is 59.8 Å². The van der Waals surface area contributed by atoms with Crippen molar-refractivity contribution in [3.63, 3.8) is 0 Å². The van der Waals surface area contributed by atoms with Crippen molar-refractivity contribution in [1.82, 2.24) is 9.88 Å². The smallest absolute Gasteiger partial charge is 0.246 e. The summed E-state index contributed by atoms with van der Waals surface area (Å²) in [6, 6.07) is 12.5. The fraction of sp³-hybridized carbons (Fsp3) is 0.348. The molecule has 0 unspecified atom stereocenters. The molecule has 3 aliphatic rings. The van der Waals surface area contributed by atoms with Gasteiger partial charge in [-0.05, 0) is 41.8 Å². The number of anilines is 2. The van der Waals surface area contributed by atoms with Gasteiger partial charge in [0, 0.05) is 62.4 Å². The van der Waals surface area contributed by atoms with Gasteiger partial charge in [0.1, 0.15) is 5.82 Å². The zero-order chi connectivity index (χ0) is 19.8. The molecule has 0 aliphatic carbocycles. The van der Waals surface area contributed by atoms with Gasteiger partial charge in [-0.25, -0.2) is 4.98 Å². The van der Waals surface area contributed by atoms with E-state index in [-0.39, 0.29) is 11.8 Å². The molecule has 2 atom stereocenters. The number of benzene rings is 1. The van der Waals surface area contributed by atoms with Gasteiger partial charge in [0.05, 0.1) is 0 Å². The van der Waals surface area contributed by atoms with Gasteiger partial charge >= 0.3 is 0 Å². The number of aryl methyl sites for hydroxylation is 1. The molecule has 0 saturated carbocycles. The van der Waals surface area contributed by atoms with E-state index >= 15 is 0 Å². The first-order valence-electron chi connectivity index (χ1n) is 10.2. The highest BCUT2D eigenvalue weighted by Crippen LogP contribution is 2.34. The number of carbonyl (C=O) groups is 2. The molecule has 2 fully saturated rings. The van der Waals surface area contributed by atoms with Crippen LogP contribution >= 0.6 is 0 Å². The molecule has 1 N–H and O–H groups in total. The summed E-state index contributed by atoms with van der Waals surface area (Å²) in [5.41, 5.74) is 3.19. The van der Waals surface area contributed by atoms with E-state index in [1.165, 1.54) is 5.69 Å². The van der Waals surface area contributed by atoms with Gasteiger partial charge < -0.3 is 15.1 Å². The Labute approximate surface area is 170 Å². The van der Waals surface area contributed by atoms with E-state index in [0.29, 0.717) is 30.5 Å². The maximum absolute atomic E-state index is 12.7. The first kappa shape index (κ1) is 17.9. The van der Waals surface area contributed by atoms with Crippen LogP contribution in [0.15, 0.2) is 48.7 Å². The number of pyridine rings is 1. The molecule has 1 aromatic carbocycles. The zero-order valence-corrected chi connectivity index (χ0v) is 16.3. The van der Waals surface area contributed by atoms with Gasteiger partial charge in [0.15, 0.2) is 0 Å². The zero-order valence-electron chi connectivity index (χ0n) is 16.3. The largest absolute Gasteiger partial charge is 0.371 e. The molecule has 0 bridgehead atoms. The quantitative estimate of drug-likeness (QED) is 0.821. The summed E-state index contributed by atoms with van der Waals surface area (Å²) < 4.78 is 0. The number of nitrogens with zero attached hydrogens (tertiary/aromatic N) is 3. The molecule has 29 heavy (non-hydrogen) atoms. The molecule has 2 amide bonds. The molecule has 5 rings (SSSR count). The van der Waals surface area contributed by atoms with E-state index in [2.05, 4.69) is 39.5 Å². The Kier molecular flexibility index (Phi) is 4.54. The summed E-state index contributed by atoms with van der Waals surface area (Å²) in [4.78, 5) is 32.8. The number of nitrogens with one attached hydrogen (secondary N) is 1. The van der Waals surface area contributed by atoms with E-state index < -0.39 is 0 Å². The Morgan fingerprint density at radius 3 is 2.59 bits per heavy atom. The SMILES string of the molecule is O=C1CCc2cc(C=CC(=O)N3C[C@@H]4CN(c5ccccc5)C[C@@H]4C3)cnc2N1. The topological polar surface area (TPSA) is 65.5 Å². The predicted molar refractivity (Wildman–Crippen MR) is 112 cm³/mol. The number of rotatable bonds is 3. The highest BCUT2D eigenvalue weighted by atomic mass is 16.2. The number of likely N-dealkylation sites (tertiary alicyclic amines) is 1. The maximum atomic E-state index is 12.7. The summed E-state index contributed by atoms with van der Waals surface area (Å²) >= 11 is 0. The minimum atomic E-state index is 0.00822. The average Bonchev–Trinajstić information content (AvgIpc) is 3.32. The van der Waals surface area contributed by atoms with E-state index in [1.807, 2.05) is 23.1 Å². The molecule has 0 radical (unpaired) electrons. The van der Waals surface area contributed by atoms with Crippen molar-refractivity contribution < 1.29 is 9.59 Å². The molecule has 148 valence electrons. The summed E-state index contributed by atoms with van der Waals surface area (Å²) in [5.74, 6) is 1.80. The van der Waals surface area contributed by atoms with Crippen molar-refractivity contribution in [2.75, 3.05) is 36.4 Å². The van der Waals surface area contributed by atoms with Crippen LogP contribution in [0.4, 0.5) is 11.5 Å². The summed E-state index contributed by atoms with van der Waals surface area (Å²) in [7, 11) is 0. The van der Waals surface area contributed by atoms with Gasteiger partial charge in [-0.3, -0.25) is 9.59 Å². The van der Waals surface area contributed by atoms with E-state index in [4.69, 9.17) is 0 Å². The molecule has 0 spiro atoms. The van der Waals surface area contributed by atoms with Crippen LogP contribution in [-0.2, 0) is 16.0 Å². The van der Waals surface area contributed by atoms with Crippen LogP contribution in [0.25, 0.3) is 6.08 Å². The second kappa shape index (κ2) is 7.35. The van der Waals surface area contributed by atoms with Crippen LogP contribution in [0.2, 0.25) is 0 Å². The third kappa shape index (κ3) is 3.62. The number of hydrogen-bond acceptors (Lipinski definition) is 4. The Morgan fingerprint density at radius 1 is 1.07 bits per heavy atom. The average molecular weight is 388 g/mol. The fourth-order valence-corrected chi connectivity index (χ4v) is 4.66. The van der Waals surface area contributed by atoms with Crippen LogP contribution in [-0.4, -0.2) is 47.9 Å². The molecule has 1 aromatic heterocycles. The van der Waals surface area contributed by atoms with Crippen LogP contribution in [0.5, 0.6) is 0 Å². The first-order chi connectivity index (χ1) is 14.2. The highest BCUT2D eigenvalue weighted by Gasteiger charge is 2.41. The van der Waals surface area contributed by atoms with Crippen molar-refractivity contribution in [1.29, 1.82) is 0 Å². The molecule has 4 heterocycles. The summed E-state index contributed by atoms with van der Waals surface area (Å²) in [6.07, 6.45) is 6.36. The standard InChI is InChI=1S/C23H24N4O2/c28-21-8-7-17-10-16(11-24-23(17)25-21)6-9-22(29)27-14-18-12-26(13-19(18)15-27)20-4-2-1-3-5-20/h1-6,9-11,18-19H,7-8,12-15H2,(H,24,25,28)/t18-,19+. The Morgan fingerprint density at radius 2 is 1.83 bits per heavy atom. The van der Waals surface area contributed by atoms with Crippen LogP contribution in [0.1, 0.15) is 17.5 Å². The molecule has 3 aliphatic heterocycles. The van der Waals surface area contributed by atoms with Crippen molar-refractivity contribution >= 4 is 29.4 Å². The van der Waals surface area contributed by atoms with Gasteiger partial charge in [0.25, 0.3) is 0 Å². The number of hydrogen-bond donors (Lipinski definition) is 1. The second-order valence-corrected chi connectivity index (χ2v) is 8.16. The third-order valence-corrected chi connectivity index (χ3v) is 6.20. The molecule has 6 heteroatoms. The lowest BCUT2D eigenvalue weighted by Gasteiger charge is -2.22. The van der Waals surface area contributed by atoms with E-state index in [1.54, 1.807) is 12.3 Å². The van der Waals surface area contributed by atoms with Crippen molar-refractivity contribution in [2.45, 2.75) is 12.8 Å². The van der Waals surface area contributed by atoms with E-state index in [9.17, 15) is 9.59 Å². The Balaban J connectivity index is 1.19. The molecule has 2 aromatic rings. The van der Waals surface area contributed by atoms with Crippen LogP contribution in [0.3, 0.4) is 0 Å². The second-order valence-electron chi connectivity index (χ2n) is 8.16. The lowest BCUT2D eigenvalue weighted by Crippen LogP contribution is -2.32. The molecule has 2 saturated heterocycles. The number of amides is 2. The maximum Gasteiger partial charge on any atom is 0.246 e. The van der Waals surface area contributed by atoms with Crippen molar-refractivity contribution in [2.24, 2.45) is 11.8 Å². The van der Waals surface area contributed by atoms with Gasteiger partial charge in [-0.1, -0.05) is 18.2 Å². The van der Waals surface area contributed by atoms with Gasteiger partial charge in [-0.2, -0.15) is 0 Å². The number of carbonyl (C=O) groups excluding carboxylic acids is 2. The number of fused-ring (bicyclic) bond motifs is 2. The number of aromatic nitrogens is 1. The monoisotopic (exact) mass is 388 g/mol. The summed E-state index contributed by atoms with van der Waals surface area (Å²) in [5, 5.41) is 2.78. The Hall–Kier alpha value is -3.15. The Bertz CT molecular complexity index is 958. The number of para-hydroxylation sites is 1. The third-order valence-electron chi connectivity index (χ3n) is 6.20. The lowest BCUT2D eigenvalue weighted by atomic mass is 10.0. The highest BCUT2D eigenvalue weighted by molar-refractivity contribution is 5.94. The minimum absolute atomic E-state index is 0.00822. The van der Waals surface area contributed by atoms with Crippen LogP contribution in [0, 0.1) is 11.8 Å².